The average molecular weight is 542 g/mol. The molecule has 1 amide bonds. The van der Waals surface area contributed by atoms with E-state index in [0.717, 1.165) is 17.7 Å². The van der Waals surface area contributed by atoms with Crippen molar-refractivity contribution in [2.75, 3.05) is 25.0 Å². The Bertz CT molecular complexity index is 957. The number of nitrogens with one attached hydrogen (secondary N) is 1. The Morgan fingerprint density at radius 1 is 1.13 bits per heavy atom. The molecule has 1 fully saturated rings. The average Bonchev–Trinajstić information content (AvgIpc) is 3.12. The van der Waals surface area contributed by atoms with Gasteiger partial charge in [0.2, 0.25) is 5.91 Å². The maximum absolute atomic E-state index is 13.8. The molecular formula is C21H19BrCl2F4N2O. The molecule has 10 heteroatoms. The summed E-state index contributed by atoms with van der Waals surface area (Å²) < 4.78 is 52.0. The predicted molar refractivity (Wildman–Crippen MR) is 116 cm³/mol. The van der Waals surface area contributed by atoms with Gasteiger partial charge in [-0.2, -0.15) is 13.2 Å². The Hall–Kier alpha value is -1.35. The molecule has 31 heavy (non-hydrogen) atoms. The van der Waals surface area contributed by atoms with Crippen LogP contribution in [0, 0.1) is 5.82 Å². The Labute approximate surface area is 195 Å². The molecule has 1 aliphatic rings. The van der Waals surface area contributed by atoms with Gasteiger partial charge in [-0.25, -0.2) is 4.39 Å². The van der Waals surface area contributed by atoms with Gasteiger partial charge >= 0.3 is 6.18 Å². The first-order chi connectivity index (χ1) is 14.6. The van der Waals surface area contributed by atoms with Crippen LogP contribution < -0.4 is 5.32 Å². The zero-order valence-electron chi connectivity index (χ0n) is 16.2. The second-order valence-electron chi connectivity index (χ2n) is 7.33. The summed E-state index contributed by atoms with van der Waals surface area (Å²) in [5, 5.41) is 4.42. The summed E-state index contributed by atoms with van der Waals surface area (Å²) in [6.45, 7) is 1.37. The van der Waals surface area contributed by atoms with Crippen molar-refractivity contribution in [3.05, 3.63) is 69.0 Å². The number of hydrogen-bond acceptors (Lipinski definition) is 2. The molecule has 0 spiro atoms. The molecule has 1 N–H and O–H groups in total. The predicted octanol–water partition coefficient (Wildman–Crippen LogP) is 5.67. The highest BCUT2D eigenvalue weighted by atomic mass is 79.9. The molecule has 1 saturated heterocycles. The molecular weight excluding hydrogens is 523 g/mol. The van der Waals surface area contributed by atoms with Crippen molar-refractivity contribution in [1.29, 1.82) is 0 Å². The molecule has 3 nitrogen and oxygen atoms in total. The second-order valence-corrected chi connectivity index (χ2v) is 8.71. The molecule has 2 unspecified atom stereocenters. The third-order valence-corrected chi connectivity index (χ3v) is 6.54. The second kappa shape index (κ2) is 10.1. The van der Waals surface area contributed by atoms with Crippen molar-refractivity contribution in [2.45, 2.75) is 24.6 Å². The van der Waals surface area contributed by atoms with E-state index in [4.69, 9.17) is 23.2 Å². The number of halogens is 7. The van der Waals surface area contributed by atoms with E-state index in [9.17, 15) is 22.4 Å². The van der Waals surface area contributed by atoms with Crippen molar-refractivity contribution in [1.82, 2.24) is 10.2 Å². The Kier molecular flexibility index (Phi) is 7.89. The number of nitrogens with zero attached hydrogens (tertiary/aromatic N) is 1. The monoisotopic (exact) mass is 540 g/mol. The highest BCUT2D eigenvalue weighted by Crippen LogP contribution is 2.33. The standard InChI is InChI=1S/C21H19BrCl2F4N2O/c22-9-20(31)30-10-14(13-2-4-16(23)17(24)8-13)19(11-30)29-6-5-12-1-3-15(18(25)7-12)21(26,27)28/h1-4,7-8,14,19,29H,5-6,9-11H2. The zero-order chi connectivity index (χ0) is 22.8. The third-order valence-electron chi connectivity index (χ3n) is 5.32. The van der Waals surface area contributed by atoms with Crippen LogP contribution in [-0.2, 0) is 17.4 Å². The minimum Gasteiger partial charge on any atom is -0.340 e. The van der Waals surface area contributed by atoms with E-state index in [1.165, 1.54) is 6.07 Å². The summed E-state index contributed by atoms with van der Waals surface area (Å²) in [6, 6.07) is 8.19. The van der Waals surface area contributed by atoms with Crippen LogP contribution in [0.25, 0.3) is 0 Å². The van der Waals surface area contributed by atoms with Gasteiger partial charge in [0, 0.05) is 25.0 Å². The maximum atomic E-state index is 13.8. The molecule has 0 radical (unpaired) electrons. The summed E-state index contributed by atoms with van der Waals surface area (Å²) in [5.74, 6) is -1.37. The smallest absolute Gasteiger partial charge is 0.340 e. The van der Waals surface area contributed by atoms with E-state index in [1.54, 1.807) is 17.0 Å². The molecule has 0 aliphatic carbocycles. The molecule has 2 atom stereocenters. The molecule has 1 aliphatic heterocycles. The fraction of sp³-hybridized carbons (Fsp3) is 0.381. The van der Waals surface area contributed by atoms with Crippen molar-refractivity contribution in [2.24, 2.45) is 0 Å². The number of alkyl halides is 4. The molecule has 1 heterocycles. The number of rotatable bonds is 6. The number of carbonyl (C=O) groups excluding carboxylic acids is 1. The SMILES string of the molecule is O=C(CBr)N1CC(NCCc2ccc(C(F)(F)F)c(F)c2)C(c2ccc(Cl)c(Cl)c2)C1. The van der Waals surface area contributed by atoms with Crippen molar-refractivity contribution in [3.8, 4) is 0 Å². The van der Waals surface area contributed by atoms with Crippen LogP contribution in [0.15, 0.2) is 36.4 Å². The Morgan fingerprint density at radius 2 is 1.87 bits per heavy atom. The summed E-state index contributed by atoms with van der Waals surface area (Å²) >= 11 is 15.3. The van der Waals surface area contributed by atoms with E-state index in [1.807, 2.05) is 6.07 Å². The van der Waals surface area contributed by atoms with Gasteiger partial charge in [-0.15, -0.1) is 0 Å². The van der Waals surface area contributed by atoms with Crippen LogP contribution in [0.3, 0.4) is 0 Å². The first kappa shape index (κ1) is 24.3. The third kappa shape index (κ3) is 5.92. The van der Waals surface area contributed by atoms with Gasteiger partial charge < -0.3 is 10.2 Å². The highest BCUT2D eigenvalue weighted by Gasteiger charge is 2.36. The quantitative estimate of drug-likeness (QED) is 0.377. The zero-order valence-corrected chi connectivity index (χ0v) is 19.3. The summed E-state index contributed by atoms with van der Waals surface area (Å²) in [7, 11) is 0. The van der Waals surface area contributed by atoms with E-state index >= 15 is 0 Å². The molecule has 2 aromatic rings. The van der Waals surface area contributed by atoms with Crippen molar-refractivity contribution in [3.63, 3.8) is 0 Å². The summed E-state index contributed by atoms with van der Waals surface area (Å²) in [4.78, 5) is 13.9. The van der Waals surface area contributed by atoms with Crippen molar-refractivity contribution < 1.29 is 22.4 Å². The van der Waals surface area contributed by atoms with Gasteiger partial charge in [-0.05, 0) is 48.4 Å². The lowest BCUT2D eigenvalue weighted by Gasteiger charge is -2.20. The minimum atomic E-state index is -4.72. The molecule has 2 aromatic carbocycles. The Balaban J connectivity index is 1.69. The number of carbonyl (C=O) groups is 1. The van der Waals surface area contributed by atoms with Crippen LogP contribution in [0.1, 0.15) is 22.6 Å². The van der Waals surface area contributed by atoms with Gasteiger partial charge in [0.1, 0.15) is 5.82 Å². The maximum Gasteiger partial charge on any atom is 0.419 e. The van der Waals surface area contributed by atoms with Crippen LogP contribution in [0.5, 0.6) is 0 Å². The van der Waals surface area contributed by atoms with Crippen LogP contribution in [-0.4, -0.2) is 41.8 Å². The summed E-state index contributed by atoms with van der Waals surface area (Å²) in [5.41, 5.74) is 0.108. The van der Waals surface area contributed by atoms with Gasteiger partial charge in [-0.3, -0.25) is 4.79 Å². The van der Waals surface area contributed by atoms with E-state index in [0.29, 0.717) is 41.7 Å². The number of likely N-dealkylation sites (tertiary alicyclic amines) is 1. The molecule has 168 valence electrons. The lowest BCUT2D eigenvalue weighted by Crippen LogP contribution is -2.38. The fourth-order valence-corrected chi connectivity index (χ4v) is 4.39. The first-order valence-corrected chi connectivity index (χ1v) is 11.4. The van der Waals surface area contributed by atoms with Gasteiger partial charge in [0.25, 0.3) is 0 Å². The van der Waals surface area contributed by atoms with Gasteiger partial charge in [0.15, 0.2) is 0 Å². The van der Waals surface area contributed by atoms with Gasteiger partial charge in [0.05, 0.1) is 20.9 Å². The van der Waals surface area contributed by atoms with Crippen LogP contribution in [0.4, 0.5) is 17.6 Å². The van der Waals surface area contributed by atoms with Crippen LogP contribution >= 0.6 is 39.1 Å². The molecule has 0 saturated carbocycles. The molecule has 0 bridgehead atoms. The topological polar surface area (TPSA) is 32.3 Å². The lowest BCUT2D eigenvalue weighted by atomic mass is 9.94. The minimum absolute atomic E-state index is 0.0397. The molecule has 3 rings (SSSR count). The Morgan fingerprint density at radius 3 is 2.48 bits per heavy atom. The highest BCUT2D eigenvalue weighted by molar-refractivity contribution is 9.09. The first-order valence-electron chi connectivity index (χ1n) is 9.48. The van der Waals surface area contributed by atoms with Crippen molar-refractivity contribution >= 4 is 45.0 Å². The van der Waals surface area contributed by atoms with Crippen LogP contribution in [0.2, 0.25) is 10.0 Å². The molecule has 0 aromatic heterocycles. The lowest BCUT2D eigenvalue weighted by molar-refractivity contribution is -0.140. The number of hydrogen-bond donors (Lipinski definition) is 1. The normalized spacial score (nSPS) is 19.1. The fourth-order valence-electron chi connectivity index (χ4n) is 3.73. The van der Waals surface area contributed by atoms with E-state index in [-0.39, 0.29) is 23.2 Å². The largest absolute Gasteiger partial charge is 0.419 e. The summed E-state index contributed by atoms with van der Waals surface area (Å²) in [6.07, 6.45) is -4.38. The van der Waals surface area contributed by atoms with E-state index < -0.39 is 17.6 Å². The number of amides is 1. The number of benzene rings is 2. The van der Waals surface area contributed by atoms with E-state index in [2.05, 4.69) is 21.2 Å². The van der Waals surface area contributed by atoms with Gasteiger partial charge in [-0.1, -0.05) is 51.3 Å².